The maximum absolute atomic E-state index is 13.8. The Morgan fingerprint density at radius 1 is 1.19 bits per heavy atom. The van der Waals surface area contributed by atoms with Crippen LogP contribution in [0.2, 0.25) is 0 Å². The summed E-state index contributed by atoms with van der Waals surface area (Å²) >= 11 is 3.19. The third-order valence-electron chi connectivity index (χ3n) is 3.24. The molecule has 0 saturated heterocycles. The number of ether oxygens (including phenoxy) is 1. The number of amides is 1. The van der Waals surface area contributed by atoms with E-state index < -0.39 is 5.82 Å². The van der Waals surface area contributed by atoms with Crippen LogP contribution in [0.25, 0.3) is 0 Å². The maximum Gasteiger partial charge on any atom is 0.224 e. The molecule has 3 N–H and O–H groups in total. The number of nitrogens with one attached hydrogen (secondary N) is 1. The van der Waals surface area contributed by atoms with Crippen molar-refractivity contribution in [2.24, 2.45) is 0 Å². The highest BCUT2D eigenvalue weighted by Gasteiger charge is 2.18. The van der Waals surface area contributed by atoms with E-state index in [0.717, 1.165) is 5.56 Å². The first kappa shape index (κ1) is 13.9. The molecule has 0 spiro atoms. The molecule has 0 saturated carbocycles. The first-order valence-corrected chi connectivity index (χ1v) is 7.17. The molecule has 1 amide bonds. The first-order valence-electron chi connectivity index (χ1n) is 6.38. The largest absolute Gasteiger partial charge is 0.452 e. The molecule has 0 radical (unpaired) electrons. The number of nitrogen functional groups attached to an aromatic ring is 1. The van der Waals surface area contributed by atoms with Gasteiger partial charge in [0, 0.05) is 16.6 Å². The molecule has 0 aromatic heterocycles. The Morgan fingerprint density at radius 2 is 2.00 bits per heavy atom. The zero-order chi connectivity index (χ0) is 15.0. The second-order valence-electron chi connectivity index (χ2n) is 4.77. The van der Waals surface area contributed by atoms with Crippen LogP contribution in [0, 0.1) is 5.82 Å². The van der Waals surface area contributed by atoms with Crippen LogP contribution in [0.5, 0.6) is 11.5 Å². The molecule has 2 aromatic rings. The molecular weight excluding hydrogens is 339 g/mol. The molecule has 6 heteroatoms. The van der Waals surface area contributed by atoms with E-state index in [2.05, 4.69) is 21.2 Å². The second kappa shape index (κ2) is 5.37. The van der Waals surface area contributed by atoms with Crippen LogP contribution in [0.3, 0.4) is 0 Å². The fourth-order valence-corrected chi connectivity index (χ4v) is 2.52. The van der Waals surface area contributed by atoms with Gasteiger partial charge in [-0.3, -0.25) is 4.79 Å². The van der Waals surface area contributed by atoms with Crippen LogP contribution in [0.1, 0.15) is 12.0 Å². The highest BCUT2D eigenvalue weighted by Crippen LogP contribution is 2.36. The summed E-state index contributed by atoms with van der Waals surface area (Å²) in [5.74, 6) is -0.0277. The Labute approximate surface area is 129 Å². The zero-order valence-electron chi connectivity index (χ0n) is 11.0. The molecule has 4 nitrogen and oxygen atoms in total. The fourth-order valence-electron chi connectivity index (χ4n) is 2.19. The van der Waals surface area contributed by atoms with Crippen LogP contribution < -0.4 is 15.8 Å². The predicted octanol–water partition coefficient (Wildman–Crippen LogP) is 3.85. The van der Waals surface area contributed by atoms with Crippen molar-refractivity contribution >= 4 is 33.2 Å². The van der Waals surface area contributed by atoms with Crippen LogP contribution in [-0.2, 0) is 11.2 Å². The number of rotatable bonds is 2. The summed E-state index contributed by atoms with van der Waals surface area (Å²) in [5, 5.41) is 2.76. The van der Waals surface area contributed by atoms with Crippen LogP contribution in [0.4, 0.5) is 15.8 Å². The zero-order valence-corrected chi connectivity index (χ0v) is 12.5. The Kier molecular flexibility index (Phi) is 3.55. The molecule has 3 rings (SSSR count). The lowest BCUT2D eigenvalue weighted by Gasteiger charge is -2.19. The summed E-state index contributed by atoms with van der Waals surface area (Å²) in [7, 11) is 0. The van der Waals surface area contributed by atoms with E-state index in [9.17, 15) is 9.18 Å². The van der Waals surface area contributed by atoms with Gasteiger partial charge in [0.2, 0.25) is 5.91 Å². The van der Waals surface area contributed by atoms with Crippen LogP contribution in [0.15, 0.2) is 34.8 Å². The molecule has 0 aliphatic carbocycles. The van der Waals surface area contributed by atoms with Crippen molar-refractivity contribution in [1.29, 1.82) is 0 Å². The highest BCUT2D eigenvalue weighted by molar-refractivity contribution is 9.10. The van der Waals surface area contributed by atoms with Crippen molar-refractivity contribution in [3.05, 3.63) is 46.2 Å². The lowest BCUT2D eigenvalue weighted by Crippen LogP contribution is -2.19. The predicted molar refractivity (Wildman–Crippen MR) is 82.0 cm³/mol. The normalized spacial score (nSPS) is 13.5. The average molecular weight is 351 g/mol. The summed E-state index contributed by atoms with van der Waals surface area (Å²) in [6.45, 7) is 0. The molecule has 2 aromatic carbocycles. The third-order valence-corrected chi connectivity index (χ3v) is 3.74. The molecule has 108 valence electrons. The van der Waals surface area contributed by atoms with Gasteiger partial charge in [0.1, 0.15) is 0 Å². The van der Waals surface area contributed by atoms with Crippen LogP contribution in [-0.4, -0.2) is 5.91 Å². The van der Waals surface area contributed by atoms with Crippen molar-refractivity contribution in [3.8, 4) is 11.5 Å². The van der Waals surface area contributed by atoms with Crippen molar-refractivity contribution in [2.75, 3.05) is 11.1 Å². The van der Waals surface area contributed by atoms with E-state index in [4.69, 9.17) is 10.5 Å². The molecule has 0 fully saturated rings. The Hall–Kier alpha value is -2.08. The molecule has 0 atom stereocenters. The number of benzene rings is 2. The van der Waals surface area contributed by atoms with Gasteiger partial charge in [-0.1, -0.05) is 15.9 Å². The molecule has 1 aliphatic heterocycles. The van der Waals surface area contributed by atoms with Gasteiger partial charge in [-0.05, 0) is 42.3 Å². The highest BCUT2D eigenvalue weighted by atomic mass is 79.9. The number of anilines is 2. The maximum atomic E-state index is 13.8. The number of carbonyl (C=O) groups excluding carboxylic acids is 1. The summed E-state index contributed by atoms with van der Waals surface area (Å²) in [6.07, 6.45) is 1.03. The Balaban J connectivity index is 1.94. The number of hydrogen-bond donors (Lipinski definition) is 2. The van der Waals surface area contributed by atoms with Gasteiger partial charge in [-0.2, -0.15) is 0 Å². The average Bonchev–Trinajstić information content (AvgIpc) is 2.42. The SMILES string of the molecule is Nc1cc2c(cc1Oc1ccc(Br)cc1F)CCC(=O)N2. The third kappa shape index (κ3) is 2.85. The minimum Gasteiger partial charge on any atom is -0.452 e. The van der Waals surface area contributed by atoms with E-state index >= 15 is 0 Å². The summed E-state index contributed by atoms with van der Waals surface area (Å²) in [5.41, 5.74) is 7.87. The quantitative estimate of drug-likeness (QED) is 0.808. The Bertz CT molecular complexity index is 734. The van der Waals surface area contributed by atoms with Crippen molar-refractivity contribution in [2.45, 2.75) is 12.8 Å². The molecule has 1 aliphatic rings. The minimum absolute atomic E-state index is 0.0328. The summed E-state index contributed by atoms with van der Waals surface area (Å²) in [6, 6.07) is 7.92. The second-order valence-corrected chi connectivity index (χ2v) is 5.69. The fraction of sp³-hybridized carbons (Fsp3) is 0.133. The lowest BCUT2D eigenvalue weighted by molar-refractivity contribution is -0.116. The number of aryl methyl sites for hydroxylation is 1. The van der Waals surface area contributed by atoms with E-state index in [1.807, 2.05) is 0 Å². The van der Waals surface area contributed by atoms with Gasteiger partial charge in [0.15, 0.2) is 17.3 Å². The smallest absolute Gasteiger partial charge is 0.224 e. The van der Waals surface area contributed by atoms with Gasteiger partial charge in [-0.15, -0.1) is 0 Å². The van der Waals surface area contributed by atoms with Gasteiger partial charge in [0.05, 0.1) is 5.69 Å². The van der Waals surface area contributed by atoms with Gasteiger partial charge in [0.25, 0.3) is 0 Å². The van der Waals surface area contributed by atoms with Gasteiger partial charge in [-0.25, -0.2) is 4.39 Å². The molecule has 1 heterocycles. The number of carbonyl (C=O) groups is 1. The standard InChI is InChI=1S/C15H12BrFN2O2/c16-9-2-3-13(10(17)6-9)21-14-5-8-1-4-15(20)19-12(8)7-11(14)18/h2-3,5-7H,1,4,18H2,(H,19,20). The van der Waals surface area contributed by atoms with Gasteiger partial charge < -0.3 is 15.8 Å². The Morgan fingerprint density at radius 3 is 2.76 bits per heavy atom. The number of hydrogen-bond acceptors (Lipinski definition) is 3. The molecule has 21 heavy (non-hydrogen) atoms. The van der Waals surface area contributed by atoms with Crippen molar-refractivity contribution in [1.82, 2.24) is 0 Å². The van der Waals surface area contributed by atoms with Crippen LogP contribution >= 0.6 is 15.9 Å². The topological polar surface area (TPSA) is 64.3 Å². The summed E-state index contributed by atoms with van der Waals surface area (Å²) in [4.78, 5) is 11.4. The van der Waals surface area contributed by atoms with E-state index in [0.29, 0.717) is 34.4 Å². The van der Waals surface area contributed by atoms with Crippen molar-refractivity contribution < 1.29 is 13.9 Å². The number of nitrogens with two attached hydrogens (primary N) is 1. The minimum atomic E-state index is -0.477. The van der Waals surface area contributed by atoms with Gasteiger partial charge >= 0.3 is 0 Å². The van der Waals surface area contributed by atoms with E-state index in [1.54, 1.807) is 18.2 Å². The van der Waals surface area contributed by atoms with E-state index in [-0.39, 0.29) is 11.7 Å². The molecule has 0 bridgehead atoms. The van der Waals surface area contributed by atoms with Crippen molar-refractivity contribution in [3.63, 3.8) is 0 Å². The number of halogens is 2. The lowest BCUT2D eigenvalue weighted by atomic mass is 10.0. The first-order chi connectivity index (χ1) is 10.0. The molecule has 0 unspecified atom stereocenters. The van der Waals surface area contributed by atoms with E-state index in [1.165, 1.54) is 12.1 Å². The molecular formula is C15H12BrFN2O2. The summed E-state index contributed by atoms with van der Waals surface area (Å²) < 4.78 is 20.0. The monoisotopic (exact) mass is 350 g/mol. The number of fused-ring (bicyclic) bond motifs is 1.